The second-order valence-electron chi connectivity index (χ2n) is 7.45. The molecule has 0 saturated carbocycles. The van der Waals surface area contributed by atoms with Crippen LogP contribution in [0, 0.1) is 0 Å². The van der Waals surface area contributed by atoms with E-state index >= 15 is 0 Å². The van der Waals surface area contributed by atoms with Crippen LogP contribution in [0.5, 0.6) is 0 Å². The second-order valence-corrected chi connectivity index (χ2v) is 7.45. The molecular formula is C19H28N2O5. The van der Waals surface area contributed by atoms with Gasteiger partial charge in [-0.1, -0.05) is 30.3 Å². The van der Waals surface area contributed by atoms with Crippen molar-refractivity contribution in [2.45, 2.75) is 57.9 Å². The molecule has 1 saturated heterocycles. The number of piperidine rings is 1. The van der Waals surface area contributed by atoms with Gasteiger partial charge in [-0.05, 0) is 39.2 Å². The zero-order chi connectivity index (χ0) is 19.2. The number of carbonyl (C=O) groups excluding carboxylic acids is 2. The SMILES string of the molecule is CC(C)(C)OC(=O)N1C[C@@H](NC(=O)OCc2ccccc2)CC[C@@H]1CO. The molecule has 1 aliphatic rings. The van der Waals surface area contributed by atoms with Gasteiger partial charge in [-0.2, -0.15) is 0 Å². The Labute approximate surface area is 154 Å². The van der Waals surface area contributed by atoms with E-state index in [0.717, 1.165) is 5.56 Å². The van der Waals surface area contributed by atoms with E-state index in [2.05, 4.69) is 5.32 Å². The van der Waals surface area contributed by atoms with Crippen LogP contribution >= 0.6 is 0 Å². The van der Waals surface area contributed by atoms with Crippen LogP contribution < -0.4 is 5.32 Å². The van der Waals surface area contributed by atoms with Gasteiger partial charge >= 0.3 is 12.2 Å². The van der Waals surface area contributed by atoms with Crippen molar-refractivity contribution < 1.29 is 24.2 Å². The molecule has 2 rings (SSSR count). The number of benzene rings is 1. The number of nitrogens with zero attached hydrogens (tertiary/aromatic N) is 1. The smallest absolute Gasteiger partial charge is 0.410 e. The van der Waals surface area contributed by atoms with Gasteiger partial charge < -0.3 is 24.8 Å². The topological polar surface area (TPSA) is 88.1 Å². The predicted octanol–water partition coefficient (Wildman–Crippen LogP) is 2.67. The second kappa shape index (κ2) is 8.89. The maximum absolute atomic E-state index is 12.4. The average molecular weight is 364 g/mol. The summed E-state index contributed by atoms with van der Waals surface area (Å²) in [4.78, 5) is 25.9. The Morgan fingerprint density at radius 3 is 2.54 bits per heavy atom. The highest BCUT2D eigenvalue weighted by atomic mass is 16.6. The summed E-state index contributed by atoms with van der Waals surface area (Å²) in [6.07, 6.45) is 0.232. The summed E-state index contributed by atoms with van der Waals surface area (Å²) in [6, 6.07) is 8.87. The van der Waals surface area contributed by atoms with Gasteiger partial charge in [0.05, 0.1) is 12.6 Å². The molecule has 1 heterocycles. The van der Waals surface area contributed by atoms with E-state index in [0.29, 0.717) is 12.8 Å². The van der Waals surface area contributed by atoms with Gasteiger partial charge in [-0.15, -0.1) is 0 Å². The van der Waals surface area contributed by atoms with Crippen molar-refractivity contribution >= 4 is 12.2 Å². The minimum Gasteiger partial charge on any atom is -0.445 e. The number of aliphatic hydroxyl groups excluding tert-OH is 1. The molecule has 0 spiro atoms. The van der Waals surface area contributed by atoms with Crippen LogP contribution in [0.2, 0.25) is 0 Å². The van der Waals surface area contributed by atoms with Crippen LogP contribution in [0.1, 0.15) is 39.2 Å². The first-order valence-corrected chi connectivity index (χ1v) is 8.86. The molecule has 0 aromatic heterocycles. The van der Waals surface area contributed by atoms with Gasteiger partial charge in [-0.3, -0.25) is 0 Å². The number of rotatable bonds is 4. The van der Waals surface area contributed by atoms with Crippen LogP contribution in [-0.2, 0) is 16.1 Å². The fourth-order valence-electron chi connectivity index (χ4n) is 2.81. The zero-order valence-corrected chi connectivity index (χ0v) is 15.6. The molecule has 0 aliphatic carbocycles. The number of alkyl carbamates (subject to hydrolysis) is 1. The van der Waals surface area contributed by atoms with E-state index in [9.17, 15) is 14.7 Å². The van der Waals surface area contributed by atoms with Crippen molar-refractivity contribution in [2.75, 3.05) is 13.2 Å². The predicted molar refractivity (Wildman–Crippen MR) is 96.6 cm³/mol. The molecule has 1 aromatic carbocycles. The first-order chi connectivity index (χ1) is 12.3. The van der Waals surface area contributed by atoms with Gasteiger partial charge in [0.25, 0.3) is 0 Å². The summed E-state index contributed by atoms with van der Waals surface area (Å²) < 4.78 is 10.6. The molecular weight excluding hydrogens is 336 g/mol. The molecule has 2 amide bonds. The summed E-state index contributed by atoms with van der Waals surface area (Å²) in [6.45, 7) is 5.71. The van der Waals surface area contributed by atoms with Gasteiger partial charge in [0.1, 0.15) is 12.2 Å². The molecule has 1 aromatic rings. The lowest BCUT2D eigenvalue weighted by molar-refractivity contribution is -0.00287. The molecule has 2 atom stereocenters. The molecule has 0 unspecified atom stereocenters. The van der Waals surface area contributed by atoms with Crippen molar-refractivity contribution in [3.8, 4) is 0 Å². The quantitative estimate of drug-likeness (QED) is 0.858. The van der Waals surface area contributed by atoms with Gasteiger partial charge in [0.2, 0.25) is 0 Å². The lowest BCUT2D eigenvalue weighted by Gasteiger charge is -2.39. The molecule has 7 nitrogen and oxygen atoms in total. The molecule has 26 heavy (non-hydrogen) atoms. The van der Waals surface area contributed by atoms with E-state index < -0.39 is 17.8 Å². The van der Waals surface area contributed by atoms with Crippen LogP contribution in [-0.4, -0.2) is 53.0 Å². The Bertz CT molecular complexity index is 600. The number of hydrogen-bond acceptors (Lipinski definition) is 5. The van der Waals surface area contributed by atoms with Crippen molar-refractivity contribution in [1.82, 2.24) is 10.2 Å². The summed E-state index contributed by atoms with van der Waals surface area (Å²) in [5, 5.41) is 12.3. The zero-order valence-electron chi connectivity index (χ0n) is 15.6. The van der Waals surface area contributed by atoms with E-state index in [4.69, 9.17) is 9.47 Å². The third kappa shape index (κ3) is 6.22. The Balaban J connectivity index is 1.87. The number of carbonyl (C=O) groups is 2. The van der Waals surface area contributed by atoms with E-state index in [1.807, 2.05) is 30.3 Å². The summed E-state index contributed by atoms with van der Waals surface area (Å²) in [5.74, 6) is 0. The molecule has 7 heteroatoms. The number of amides is 2. The highest BCUT2D eigenvalue weighted by molar-refractivity contribution is 5.70. The molecule has 0 bridgehead atoms. The highest BCUT2D eigenvalue weighted by Gasteiger charge is 2.34. The average Bonchev–Trinajstić information content (AvgIpc) is 2.59. The lowest BCUT2D eigenvalue weighted by atomic mass is 9.99. The third-order valence-corrected chi connectivity index (χ3v) is 4.08. The molecule has 0 radical (unpaired) electrons. The number of ether oxygens (including phenoxy) is 2. The Morgan fingerprint density at radius 1 is 1.23 bits per heavy atom. The summed E-state index contributed by atoms with van der Waals surface area (Å²) in [5.41, 5.74) is 0.286. The van der Waals surface area contributed by atoms with Crippen LogP contribution in [0.15, 0.2) is 30.3 Å². The first kappa shape index (κ1) is 20.0. The first-order valence-electron chi connectivity index (χ1n) is 8.86. The third-order valence-electron chi connectivity index (χ3n) is 4.08. The standard InChI is InChI=1S/C19H28N2O5/c1-19(2,3)26-18(24)21-11-15(9-10-16(21)12-22)20-17(23)25-13-14-7-5-4-6-8-14/h4-8,15-16,22H,9-13H2,1-3H3,(H,20,23)/t15-,16+/m0/s1. The van der Waals surface area contributed by atoms with E-state index in [-0.39, 0.29) is 31.8 Å². The minimum absolute atomic E-state index is 0.135. The number of likely N-dealkylation sites (tertiary alicyclic amines) is 1. The maximum atomic E-state index is 12.4. The van der Waals surface area contributed by atoms with Crippen molar-refractivity contribution in [3.05, 3.63) is 35.9 Å². The van der Waals surface area contributed by atoms with Gasteiger partial charge in [-0.25, -0.2) is 9.59 Å². The normalized spacial score (nSPS) is 20.4. The summed E-state index contributed by atoms with van der Waals surface area (Å²) >= 11 is 0. The molecule has 2 N–H and O–H groups in total. The van der Waals surface area contributed by atoms with Crippen molar-refractivity contribution in [1.29, 1.82) is 0 Å². The van der Waals surface area contributed by atoms with E-state index in [1.165, 1.54) is 4.90 Å². The fraction of sp³-hybridized carbons (Fsp3) is 0.579. The van der Waals surface area contributed by atoms with Crippen LogP contribution in [0.3, 0.4) is 0 Å². The van der Waals surface area contributed by atoms with Gasteiger partial charge in [0.15, 0.2) is 0 Å². The monoisotopic (exact) mass is 364 g/mol. The number of hydrogen-bond donors (Lipinski definition) is 2. The lowest BCUT2D eigenvalue weighted by Crippen LogP contribution is -2.55. The van der Waals surface area contributed by atoms with Crippen molar-refractivity contribution in [2.24, 2.45) is 0 Å². The largest absolute Gasteiger partial charge is 0.445 e. The van der Waals surface area contributed by atoms with Crippen LogP contribution in [0.4, 0.5) is 9.59 Å². The maximum Gasteiger partial charge on any atom is 0.410 e. The van der Waals surface area contributed by atoms with E-state index in [1.54, 1.807) is 20.8 Å². The van der Waals surface area contributed by atoms with Crippen LogP contribution in [0.25, 0.3) is 0 Å². The number of aliphatic hydroxyl groups is 1. The summed E-state index contributed by atoms with van der Waals surface area (Å²) in [7, 11) is 0. The molecule has 144 valence electrons. The van der Waals surface area contributed by atoms with Gasteiger partial charge in [0, 0.05) is 12.6 Å². The molecule has 1 fully saturated rings. The minimum atomic E-state index is -0.619. The molecule has 1 aliphatic heterocycles. The Kier molecular flexibility index (Phi) is 6.85. The number of nitrogens with one attached hydrogen (secondary N) is 1. The highest BCUT2D eigenvalue weighted by Crippen LogP contribution is 2.20. The van der Waals surface area contributed by atoms with Crippen molar-refractivity contribution in [3.63, 3.8) is 0 Å². The Morgan fingerprint density at radius 2 is 1.92 bits per heavy atom. The fourth-order valence-corrected chi connectivity index (χ4v) is 2.81. The Hall–Kier alpha value is -2.28.